The molecule has 0 atom stereocenters. The topological polar surface area (TPSA) is 66.0 Å². The van der Waals surface area contributed by atoms with Crippen LogP contribution in [0.3, 0.4) is 0 Å². The average Bonchev–Trinajstić information content (AvgIpc) is 2.74. The number of hydrogen-bond donors (Lipinski definition) is 2. The van der Waals surface area contributed by atoms with Crippen molar-refractivity contribution in [2.45, 2.75) is 19.1 Å². The molecule has 1 amide bonds. The highest BCUT2D eigenvalue weighted by atomic mass is 19.4. The van der Waals surface area contributed by atoms with Crippen LogP contribution < -0.4 is 15.4 Å². The number of halogens is 3. The lowest BCUT2D eigenvalue weighted by Crippen LogP contribution is -2.37. The fourth-order valence-corrected chi connectivity index (χ4v) is 2.72. The van der Waals surface area contributed by atoms with Gasteiger partial charge in [-0.25, -0.2) is 0 Å². The van der Waals surface area contributed by atoms with E-state index in [1.165, 1.54) is 17.0 Å². The minimum Gasteiger partial charge on any atom is -0.484 e. The lowest BCUT2D eigenvalue weighted by Gasteiger charge is -2.14. The summed E-state index contributed by atoms with van der Waals surface area (Å²) in [5.41, 5.74) is 2.55. The average molecular weight is 436 g/mol. The minimum absolute atomic E-state index is 0.0397. The van der Waals surface area contributed by atoms with Gasteiger partial charge in [0, 0.05) is 39.8 Å². The molecule has 0 aliphatic carbocycles. The molecule has 0 bridgehead atoms. The Morgan fingerprint density at radius 1 is 1.06 bits per heavy atom. The second kappa shape index (κ2) is 11.2. The Kier molecular flexibility index (Phi) is 8.72. The van der Waals surface area contributed by atoms with Crippen molar-refractivity contribution in [3.63, 3.8) is 0 Å². The molecule has 9 heteroatoms. The molecule has 31 heavy (non-hydrogen) atoms. The summed E-state index contributed by atoms with van der Waals surface area (Å²) in [5, 5.41) is 6.35. The molecule has 0 aliphatic heterocycles. The highest BCUT2D eigenvalue weighted by Crippen LogP contribution is 2.18. The second-order valence-corrected chi connectivity index (χ2v) is 7.05. The molecule has 0 aliphatic rings. The number of ether oxygens (including phenoxy) is 1. The Morgan fingerprint density at radius 3 is 2.39 bits per heavy atom. The number of nitrogens with zero attached hydrogens (tertiary/aromatic N) is 2. The molecule has 0 saturated carbocycles. The largest absolute Gasteiger partial charge is 0.484 e. The first-order chi connectivity index (χ1) is 14.7. The van der Waals surface area contributed by atoms with E-state index in [1.54, 1.807) is 39.3 Å². The van der Waals surface area contributed by atoms with Crippen molar-refractivity contribution >= 4 is 11.9 Å². The molecular formula is C22H27F3N4O2. The first-order valence-electron chi connectivity index (χ1n) is 9.71. The van der Waals surface area contributed by atoms with Gasteiger partial charge in [-0.05, 0) is 41.8 Å². The van der Waals surface area contributed by atoms with Gasteiger partial charge in [-0.3, -0.25) is 9.79 Å². The third-order valence-electron chi connectivity index (χ3n) is 4.30. The number of guanidine groups is 1. The van der Waals surface area contributed by atoms with E-state index in [2.05, 4.69) is 15.6 Å². The molecule has 0 unspecified atom stereocenters. The van der Waals surface area contributed by atoms with Crippen LogP contribution >= 0.6 is 0 Å². The summed E-state index contributed by atoms with van der Waals surface area (Å²) in [5.74, 6) is 0.721. The van der Waals surface area contributed by atoms with Crippen LogP contribution in [-0.2, 0) is 13.0 Å². The van der Waals surface area contributed by atoms with Gasteiger partial charge in [0.2, 0.25) is 0 Å². The summed E-state index contributed by atoms with van der Waals surface area (Å²) in [6.45, 7) is -0.247. The van der Waals surface area contributed by atoms with Crippen LogP contribution in [-0.4, -0.2) is 57.2 Å². The van der Waals surface area contributed by atoms with Crippen molar-refractivity contribution < 1.29 is 22.7 Å². The van der Waals surface area contributed by atoms with Crippen LogP contribution in [0.25, 0.3) is 0 Å². The zero-order valence-electron chi connectivity index (χ0n) is 17.8. The molecule has 2 aromatic carbocycles. The SMILES string of the molecule is CN=C(NCCc1cccc(C(=O)N(C)C)c1)NCc1ccc(OCC(F)(F)F)cc1. The van der Waals surface area contributed by atoms with Gasteiger partial charge in [0.25, 0.3) is 5.91 Å². The van der Waals surface area contributed by atoms with E-state index in [9.17, 15) is 18.0 Å². The van der Waals surface area contributed by atoms with E-state index in [4.69, 9.17) is 4.74 Å². The fraction of sp³-hybridized carbons (Fsp3) is 0.364. The molecule has 168 valence electrons. The third-order valence-corrected chi connectivity index (χ3v) is 4.30. The number of carbonyl (C=O) groups is 1. The van der Waals surface area contributed by atoms with Crippen LogP contribution in [0.1, 0.15) is 21.5 Å². The van der Waals surface area contributed by atoms with Crippen LogP contribution in [0.15, 0.2) is 53.5 Å². The quantitative estimate of drug-likeness (QED) is 0.493. The maximum atomic E-state index is 12.2. The maximum absolute atomic E-state index is 12.2. The van der Waals surface area contributed by atoms with Gasteiger partial charge in [0.05, 0.1) is 0 Å². The van der Waals surface area contributed by atoms with Crippen molar-refractivity contribution in [1.29, 1.82) is 0 Å². The number of amides is 1. The van der Waals surface area contributed by atoms with E-state index in [0.717, 1.165) is 11.1 Å². The molecule has 0 fully saturated rings. The number of hydrogen-bond acceptors (Lipinski definition) is 3. The van der Waals surface area contributed by atoms with Crippen molar-refractivity contribution in [2.75, 3.05) is 34.3 Å². The zero-order valence-corrected chi connectivity index (χ0v) is 17.8. The first kappa shape index (κ1) is 24.0. The van der Waals surface area contributed by atoms with Gasteiger partial charge in [0.15, 0.2) is 12.6 Å². The van der Waals surface area contributed by atoms with Gasteiger partial charge in [-0.15, -0.1) is 0 Å². The Morgan fingerprint density at radius 2 is 1.77 bits per heavy atom. The van der Waals surface area contributed by atoms with E-state index in [0.29, 0.717) is 31.0 Å². The number of carbonyl (C=O) groups excluding carboxylic acids is 1. The molecule has 0 heterocycles. The highest BCUT2D eigenvalue weighted by Gasteiger charge is 2.28. The predicted molar refractivity (Wildman–Crippen MR) is 114 cm³/mol. The Labute approximate surface area is 180 Å². The molecule has 6 nitrogen and oxygen atoms in total. The third kappa shape index (κ3) is 8.57. The van der Waals surface area contributed by atoms with Crippen molar-refractivity contribution in [3.05, 3.63) is 65.2 Å². The predicted octanol–water partition coefficient (Wildman–Crippen LogP) is 3.24. The van der Waals surface area contributed by atoms with Gasteiger partial charge in [-0.1, -0.05) is 24.3 Å². The molecule has 0 radical (unpaired) electrons. The number of rotatable bonds is 8. The summed E-state index contributed by atoms with van der Waals surface area (Å²) in [7, 11) is 5.09. The molecule has 2 N–H and O–H groups in total. The summed E-state index contributed by atoms with van der Waals surface area (Å²) >= 11 is 0. The van der Waals surface area contributed by atoms with Gasteiger partial charge in [-0.2, -0.15) is 13.2 Å². The number of alkyl halides is 3. The van der Waals surface area contributed by atoms with E-state index in [1.807, 2.05) is 18.2 Å². The Bertz CT molecular complexity index is 881. The Hall–Kier alpha value is -3.23. The standard InChI is InChI=1S/C22H27F3N4O2/c1-26-21(27-12-11-16-5-4-6-18(13-16)20(30)29(2)3)28-14-17-7-9-19(10-8-17)31-15-22(23,24)25/h4-10,13H,11-12,14-15H2,1-3H3,(H2,26,27,28). The first-order valence-corrected chi connectivity index (χ1v) is 9.71. The molecule has 2 aromatic rings. The zero-order chi connectivity index (χ0) is 22.9. The molecular weight excluding hydrogens is 409 g/mol. The number of benzene rings is 2. The summed E-state index contributed by atoms with van der Waals surface area (Å²) in [6.07, 6.45) is -3.65. The van der Waals surface area contributed by atoms with Gasteiger partial charge >= 0.3 is 6.18 Å². The fourth-order valence-electron chi connectivity index (χ4n) is 2.72. The summed E-state index contributed by atoms with van der Waals surface area (Å²) < 4.78 is 41.3. The normalized spacial score (nSPS) is 11.7. The molecule has 2 rings (SSSR count). The van der Waals surface area contributed by atoms with E-state index < -0.39 is 12.8 Å². The van der Waals surface area contributed by atoms with Crippen LogP contribution in [0, 0.1) is 0 Å². The van der Waals surface area contributed by atoms with Crippen LogP contribution in [0.2, 0.25) is 0 Å². The number of aliphatic imine (C=N–C) groups is 1. The van der Waals surface area contributed by atoms with E-state index >= 15 is 0 Å². The second-order valence-electron chi connectivity index (χ2n) is 7.05. The molecule has 0 aromatic heterocycles. The summed E-state index contributed by atoms with van der Waals surface area (Å²) in [6, 6.07) is 13.9. The lowest BCUT2D eigenvalue weighted by molar-refractivity contribution is -0.153. The van der Waals surface area contributed by atoms with Crippen molar-refractivity contribution in [1.82, 2.24) is 15.5 Å². The summed E-state index contributed by atoms with van der Waals surface area (Å²) in [4.78, 5) is 17.8. The lowest BCUT2D eigenvalue weighted by atomic mass is 10.1. The maximum Gasteiger partial charge on any atom is 0.422 e. The highest BCUT2D eigenvalue weighted by molar-refractivity contribution is 5.94. The van der Waals surface area contributed by atoms with E-state index in [-0.39, 0.29) is 11.7 Å². The number of nitrogens with one attached hydrogen (secondary N) is 2. The van der Waals surface area contributed by atoms with Crippen LogP contribution in [0.4, 0.5) is 13.2 Å². The monoisotopic (exact) mass is 436 g/mol. The Balaban J connectivity index is 1.79. The molecule has 0 spiro atoms. The smallest absolute Gasteiger partial charge is 0.422 e. The van der Waals surface area contributed by atoms with Crippen LogP contribution in [0.5, 0.6) is 5.75 Å². The van der Waals surface area contributed by atoms with Crippen molar-refractivity contribution in [2.24, 2.45) is 4.99 Å². The van der Waals surface area contributed by atoms with Gasteiger partial charge < -0.3 is 20.3 Å². The minimum atomic E-state index is -4.36. The molecule has 0 saturated heterocycles. The van der Waals surface area contributed by atoms with Gasteiger partial charge in [0.1, 0.15) is 5.75 Å². The van der Waals surface area contributed by atoms with Crippen molar-refractivity contribution in [3.8, 4) is 5.75 Å².